The third-order valence-electron chi connectivity index (χ3n) is 1.59. The molecular weight excluding hydrogens is 168 g/mol. The fourth-order valence-corrected chi connectivity index (χ4v) is 0.942. The van der Waals surface area contributed by atoms with E-state index in [1.54, 1.807) is 19.1 Å². The molecule has 1 amide bonds. The molecule has 0 aromatic carbocycles. The summed E-state index contributed by atoms with van der Waals surface area (Å²) in [6.45, 7) is 1.75. The SMILES string of the molecule is Cc1[nH]c(=O)ccc1C=CC(N)=O. The molecule has 0 unspecified atom stereocenters. The molecule has 0 aliphatic heterocycles. The summed E-state index contributed by atoms with van der Waals surface area (Å²) in [6.07, 6.45) is 2.81. The lowest BCUT2D eigenvalue weighted by atomic mass is 10.2. The highest BCUT2D eigenvalue weighted by Crippen LogP contribution is 2.03. The second-order valence-electron chi connectivity index (χ2n) is 2.64. The van der Waals surface area contributed by atoms with Crippen LogP contribution < -0.4 is 11.3 Å². The first kappa shape index (κ1) is 9.25. The van der Waals surface area contributed by atoms with Crippen LogP contribution in [0, 0.1) is 6.92 Å². The molecule has 0 aliphatic rings. The van der Waals surface area contributed by atoms with Gasteiger partial charge in [0.2, 0.25) is 11.5 Å². The van der Waals surface area contributed by atoms with Crippen LogP contribution in [-0.2, 0) is 4.79 Å². The van der Waals surface area contributed by atoms with E-state index in [4.69, 9.17) is 5.73 Å². The van der Waals surface area contributed by atoms with E-state index in [0.29, 0.717) is 5.69 Å². The van der Waals surface area contributed by atoms with Gasteiger partial charge >= 0.3 is 0 Å². The molecule has 1 rings (SSSR count). The third kappa shape index (κ3) is 2.59. The highest BCUT2D eigenvalue weighted by Gasteiger charge is 1.94. The highest BCUT2D eigenvalue weighted by atomic mass is 16.1. The van der Waals surface area contributed by atoms with E-state index in [2.05, 4.69) is 4.98 Å². The molecule has 0 fully saturated rings. The van der Waals surface area contributed by atoms with E-state index in [0.717, 1.165) is 5.56 Å². The van der Waals surface area contributed by atoms with Gasteiger partial charge in [0.05, 0.1) is 0 Å². The van der Waals surface area contributed by atoms with Crippen LogP contribution in [0.25, 0.3) is 6.08 Å². The van der Waals surface area contributed by atoms with Crippen molar-refractivity contribution in [1.82, 2.24) is 4.98 Å². The molecule has 1 heterocycles. The van der Waals surface area contributed by atoms with Crippen molar-refractivity contribution < 1.29 is 4.79 Å². The van der Waals surface area contributed by atoms with E-state index in [1.165, 1.54) is 12.1 Å². The van der Waals surface area contributed by atoms with Crippen molar-refractivity contribution in [2.45, 2.75) is 6.92 Å². The molecular formula is C9H10N2O2. The number of rotatable bonds is 2. The van der Waals surface area contributed by atoms with Crippen LogP contribution in [0.15, 0.2) is 23.0 Å². The molecule has 0 spiro atoms. The molecule has 4 heteroatoms. The van der Waals surface area contributed by atoms with Crippen LogP contribution in [0.1, 0.15) is 11.3 Å². The molecule has 1 aromatic heterocycles. The maximum absolute atomic E-state index is 10.8. The Labute approximate surface area is 75.1 Å². The molecule has 0 radical (unpaired) electrons. The smallest absolute Gasteiger partial charge is 0.248 e. The van der Waals surface area contributed by atoms with Gasteiger partial charge < -0.3 is 10.7 Å². The lowest BCUT2D eigenvalue weighted by Gasteiger charge is -1.97. The van der Waals surface area contributed by atoms with Crippen molar-refractivity contribution in [2.75, 3.05) is 0 Å². The van der Waals surface area contributed by atoms with Gasteiger partial charge in [-0.15, -0.1) is 0 Å². The zero-order valence-electron chi connectivity index (χ0n) is 7.20. The highest BCUT2D eigenvalue weighted by molar-refractivity contribution is 5.90. The third-order valence-corrected chi connectivity index (χ3v) is 1.59. The Morgan fingerprint density at radius 2 is 2.23 bits per heavy atom. The normalized spacial score (nSPS) is 10.5. The molecule has 4 nitrogen and oxygen atoms in total. The molecule has 0 atom stereocenters. The van der Waals surface area contributed by atoms with Gasteiger partial charge in [0.25, 0.3) is 0 Å². The Balaban J connectivity index is 3.03. The summed E-state index contributed by atoms with van der Waals surface area (Å²) >= 11 is 0. The number of H-pyrrole nitrogens is 1. The van der Waals surface area contributed by atoms with Crippen LogP contribution in [0.4, 0.5) is 0 Å². The predicted octanol–water partition coefficient (Wildman–Crippen LogP) is 0.182. The van der Waals surface area contributed by atoms with Crippen molar-refractivity contribution in [2.24, 2.45) is 5.73 Å². The van der Waals surface area contributed by atoms with Crippen molar-refractivity contribution in [3.8, 4) is 0 Å². The summed E-state index contributed by atoms with van der Waals surface area (Å²) in [4.78, 5) is 23.8. The van der Waals surface area contributed by atoms with Crippen molar-refractivity contribution in [3.05, 3.63) is 39.8 Å². The molecule has 13 heavy (non-hydrogen) atoms. The minimum atomic E-state index is -0.509. The lowest BCUT2D eigenvalue weighted by Crippen LogP contribution is -2.07. The van der Waals surface area contributed by atoms with Gasteiger partial charge in [-0.25, -0.2) is 0 Å². The standard InChI is InChI=1S/C9H10N2O2/c1-6-7(2-4-8(10)12)3-5-9(13)11-6/h2-5H,1H3,(H2,10,12)(H,11,13). The van der Waals surface area contributed by atoms with Gasteiger partial charge in [-0.1, -0.05) is 0 Å². The summed E-state index contributed by atoms with van der Waals surface area (Å²) in [5.74, 6) is -0.509. The van der Waals surface area contributed by atoms with E-state index < -0.39 is 5.91 Å². The molecule has 0 saturated heterocycles. The molecule has 3 N–H and O–H groups in total. The summed E-state index contributed by atoms with van der Waals surface area (Å²) in [6, 6.07) is 3.03. The van der Waals surface area contributed by atoms with Crippen molar-refractivity contribution in [3.63, 3.8) is 0 Å². The first-order chi connectivity index (χ1) is 6.09. The molecule has 1 aromatic rings. The number of pyridine rings is 1. The van der Waals surface area contributed by atoms with Gasteiger partial charge in [0, 0.05) is 17.8 Å². The maximum Gasteiger partial charge on any atom is 0.248 e. The van der Waals surface area contributed by atoms with E-state index in [9.17, 15) is 9.59 Å². The predicted molar refractivity (Wildman–Crippen MR) is 50.0 cm³/mol. The number of carbonyl (C=O) groups is 1. The molecule has 0 bridgehead atoms. The van der Waals surface area contributed by atoms with Gasteiger partial charge in [-0.3, -0.25) is 9.59 Å². The van der Waals surface area contributed by atoms with Crippen molar-refractivity contribution >= 4 is 12.0 Å². The van der Waals surface area contributed by atoms with Crippen LogP contribution in [0.5, 0.6) is 0 Å². The lowest BCUT2D eigenvalue weighted by molar-refractivity contribution is -0.113. The average molecular weight is 178 g/mol. The van der Waals surface area contributed by atoms with Crippen LogP contribution in [-0.4, -0.2) is 10.9 Å². The number of aromatic nitrogens is 1. The number of amides is 1. The monoisotopic (exact) mass is 178 g/mol. The van der Waals surface area contributed by atoms with E-state index in [-0.39, 0.29) is 5.56 Å². The van der Waals surface area contributed by atoms with E-state index in [1.807, 2.05) is 0 Å². The van der Waals surface area contributed by atoms with Gasteiger partial charge in [-0.05, 0) is 24.6 Å². The quantitative estimate of drug-likeness (QED) is 0.634. The molecule has 0 aliphatic carbocycles. The minimum Gasteiger partial charge on any atom is -0.366 e. The number of nitrogens with one attached hydrogen (secondary N) is 1. The summed E-state index contributed by atoms with van der Waals surface area (Å²) in [5.41, 5.74) is 6.25. The van der Waals surface area contributed by atoms with Crippen LogP contribution >= 0.6 is 0 Å². The summed E-state index contributed by atoms with van der Waals surface area (Å²) < 4.78 is 0. The Bertz CT molecular complexity index is 404. The first-order valence-corrected chi connectivity index (χ1v) is 3.77. The number of nitrogens with two attached hydrogens (primary N) is 1. The fourth-order valence-electron chi connectivity index (χ4n) is 0.942. The van der Waals surface area contributed by atoms with Gasteiger partial charge in [-0.2, -0.15) is 0 Å². The van der Waals surface area contributed by atoms with Crippen LogP contribution in [0.3, 0.4) is 0 Å². The van der Waals surface area contributed by atoms with Gasteiger partial charge in [0.15, 0.2) is 0 Å². The Morgan fingerprint density at radius 1 is 1.54 bits per heavy atom. The zero-order chi connectivity index (χ0) is 9.84. The molecule has 0 saturated carbocycles. The number of aromatic amines is 1. The van der Waals surface area contributed by atoms with E-state index >= 15 is 0 Å². The number of aryl methyl sites for hydroxylation is 1. The largest absolute Gasteiger partial charge is 0.366 e. The average Bonchev–Trinajstić information content (AvgIpc) is 2.02. The second-order valence-corrected chi connectivity index (χ2v) is 2.64. The zero-order valence-corrected chi connectivity index (χ0v) is 7.20. The number of hydrogen-bond acceptors (Lipinski definition) is 2. The Kier molecular flexibility index (Phi) is 2.64. The summed E-state index contributed by atoms with van der Waals surface area (Å²) in [7, 11) is 0. The number of primary amides is 1. The van der Waals surface area contributed by atoms with Gasteiger partial charge in [0.1, 0.15) is 0 Å². The first-order valence-electron chi connectivity index (χ1n) is 3.77. The fraction of sp³-hybridized carbons (Fsp3) is 0.111. The topological polar surface area (TPSA) is 75.9 Å². The Hall–Kier alpha value is -1.84. The molecule has 68 valence electrons. The summed E-state index contributed by atoms with van der Waals surface area (Å²) in [5, 5.41) is 0. The van der Waals surface area contributed by atoms with Crippen LogP contribution in [0.2, 0.25) is 0 Å². The maximum atomic E-state index is 10.8. The minimum absolute atomic E-state index is 0.159. The number of hydrogen-bond donors (Lipinski definition) is 2. The van der Waals surface area contributed by atoms with Crippen molar-refractivity contribution in [1.29, 1.82) is 0 Å². The number of carbonyl (C=O) groups excluding carboxylic acids is 1. The second kappa shape index (κ2) is 3.71. The Morgan fingerprint density at radius 3 is 2.77 bits per heavy atom.